The molecule has 5 nitrogen and oxygen atoms in total. The van der Waals surface area contributed by atoms with Crippen LogP contribution in [-0.4, -0.2) is 27.6 Å². The molecule has 0 bridgehead atoms. The number of rotatable bonds is 3. The maximum atomic E-state index is 12.8. The van der Waals surface area contributed by atoms with Crippen LogP contribution >= 0.6 is 0 Å². The molecule has 0 aliphatic carbocycles. The van der Waals surface area contributed by atoms with Crippen molar-refractivity contribution in [1.82, 2.24) is 14.0 Å². The van der Waals surface area contributed by atoms with Gasteiger partial charge in [-0.1, -0.05) is 30.3 Å². The van der Waals surface area contributed by atoms with Gasteiger partial charge in [0.15, 0.2) is 0 Å². The van der Waals surface area contributed by atoms with Crippen molar-refractivity contribution in [2.24, 2.45) is 0 Å². The Labute approximate surface area is 129 Å². The molecular formula is C17H21N3O2. The lowest BCUT2D eigenvalue weighted by molar-refractivity contribution is 0.298. The molecule has 116 valence electrons. The van der Waals surface area contributed by atoms with Crippen molar-refractivity contribution in [3.05, 3.63) is 68.0 Å². The molecule has 1 aromatic heterocycles. The Kier molecular flexibility index (Phi) is 3.98. The third kappa shape index (κ3) is 2.52. The Hall–Kier alpha value is -2.14. The van der Waals surface area contributed by atoms with Gasteiger partial charge in [-0.05, 0) is 19.5 Å². The van der Waals surface area contributed by atoms with Crippen LogP contribution in [0.1, 0.15) is 23.7 Å². The molecule has 1 aliphatic rings. The van der Waals surface area contributed by atoms with Crippen LogP contribution in [0.5, 0.6) is 0 Å². The van der Waals surface area contributed by atoms with Crippen LogP contribution in [0, 0.1) is 0 Å². The molecule has 0 radical (unpaired) electrons. The first-order valence-corrected chi connectivity index (χ1v) is 7.69. The first kappa shape index (κ1) is 14.8. The summed E-state index contributed by atoms with van der Waals surface area (Å²) in [6, 6.07) is 9.65. The largest absolute Gasteiger partial charge is 0.331 e. The van der Waals surface area contributed by atoms with Crippen LogP contribution in [-0.2, 0) is 26.1 Å². The molecule has 0 unspecified atom stereocenters. The molecule has 2 aromatic rings. The molecule has 1 aliphatic heterocycles. The summed E-state index contributed by atoms with van der Waals surface area (Å²) in [7, 11) is 2.01. The molecule has 0 spiro atoms. The Morgan fingerprint density at radius 3 is 2.50 bits per heavy atom. The Morgan fingerprint density at radius 1 is 1.09 bits per heavy atom. The molecule has 0 atom stereocenters. The van der Waals surface area contributed by atoms with Crippen molar-refractivity contribution in [3.63, 3.8) is 0 Å². The minimum absolute atomic E-state index is 0.139. The molecule has 0 fully saturated rings. The maximum Gasteiger partial charge on any atom is 0.331 e. The summed E-state index contributed by atoms with van der Waals surface area (Å²) in [6.07, 6.45) is 0.760. The van der Waals surface area contributed by atoms with Gasteiger partial charge in [0.2, 0.25) is 0 Å². The zero-order chi connectivity index (χ0) is 15.7. The van der Waals surface area contributed by atoms with Crippen molar-refractivity contribution >= 4 is 0 Å². The summed E-state index contributed by atoms with van der Waals surface area (Å²) in [6.45, 7) is 4.38. The standard InChI is InChI=1S/C17H21N3O2/c1-3-19-15-9-10-18(2)12-14(15)16(21)20(17(19)22)11-13-7-5-4-6-8-13/h4-8H,3,9-12H2,1-2H3. The van der Waals surface area contributed by atoms with E-state index in [9.17, 15) is 9.59 Å². The fourth-order valence-corrected chi connectivity index (χ4v) is 3.12. The first-order valence-electron chi connectivity index (χ1n) is 7.69. The highest BCUT2D eigenvalue weighted by molar-refractivity contribution is 5.23. The average Bonchev–Trinajstić information content (AvgIpc) is 2.53. The second-order valence-electron chi connectivity index (χ2n) is 5.82. The summed E-state index contributed by atoms with van der Waals surface area (Å²) in [5.74, 6) is 0. The van der Waals surface area contributed by atoms with E-state index in [2.05, 4.69) is 4.90 Å². The number of hydrogen-bond acceptors (Lipinski definition) is 3. The number of nitrogens with zero attached hydrogens (tertiary/aromatic N) is 3. The summed E-state index contributed by atoms with van der Waals surface area (Å²) in [5, 5.41) is 0. The highest BCUT2D eigenvalue weighted by Gasteiger charge is 2.23. The van der Waals surface area contributed by atoms with Crippen molar-refractivity contribution in [2.45, 2.75) is 33.0 Å². The van der Waals surface area contributed by atoms with Crippen LogP contribution in [0.4, 0.5) is 0 Å². The van der Waals surface area contributed by atoms with Crippen molar-refractivity contribution < 1.29 is 0 Å². The summed E-state index contributed by atoms with van der Waals surface area (Å²) in [4.78, 5) is 27.6. The van der Waals surface area contributed by atoms with Crippen LogP contribution in [0.3, 0.4) is 0 Å². The van der Waals surface area contributed by atoms with Gasteiger partial charge in [0.1, 0.15) is 0 Å². The summed E-state index contributed by atoms with van der Waals surface area (Å²) >= 11 is 0. The lowest BCUT2D eigenvalue weighted by Crippen LogP contribution is -2.47. The molecule has 22 heavy (non-hydrogen) atoms. The van der Waals surface area contributed by atoms with E-state index in [0.29, 0.717) is 19.6 Å². The van der Waals surface area contributed by atoms with E-state index in [1.807, 2.05) is 44.3 Å². The number of fused-ring (bicyclic) bond motifs is 1. The second kappa shape index (κ2) is 5.93. The minimum Gasteiger partial charge on any atom is -0.301 e. The molecule has 0 amide bonds. The average molecular weight is 299 g/mol. The van der Waals surface area contributed by atoms with Gasteiger partial charge in [0.25, 0.3) is 5.56 Å². The third-order valence-corrected chi connectivity index (χ3v) is 4.30. The molecule has 0 saturated carbocycles. The predicted octanol–water partition coefficient (Wildman–Crippen LogP) is 1.07. The molecule has 0 N–H and O–H groups in total. The van der Waals surface area contributed by atoms with Gasteiger partial charge in [-0.2, -0.15) is 0 Å². The lowest BCUT2D eigenvalue weighted by atomic mass is 10.1. The highest BCUT2D eigenvalue weighted by atomic mass is 16.2. The van der Waals surface area contributed by atoms with Crippen molar-refractivity contribution in [2.75, 3.05) is 13.6 Å². The van der Waals surface area contributed by atoms with E-state index < -0.39 is 0 Å². The zero-order valence-electron chi connectivity index (χ0n) is 13.1. The smallest absolute Gasteiger partial charge is 0.301 e. The van der Waals surface area contributed by atoms with E-state index >= 15 is 0 Å². The topological polar surface area (TPSA) is 47.2 Å². The summed E-state index contributed by atoms with van der Waals surface area (Å²) < 4.78 is 3.13. The van der Waals surface area contributed by atoms with Gasteiger partial charge in [-0.3, -0.25) is 13.9 Å². The number of benzene rings is 1. The van der Waals surface area contributed by atoms with E-state index in [0.717, 1.165) is 29.8 Å². The number of aromatic nitrogens is 2. The molecule has 1 aromatic carbocycles. The van der Waals surface area contributed by atoms with E-state index in [1.54, 1.807) is 4.57 Å². The molecule has 2 heterocycles. The van der Waals surface area contributed by atoms with Gasteiger partial charge in [0.05, 0.1) is 12.1 Å². The molecular weight excluding hydrogens is 278 g/mol. The monoisotopic (exact) mass is 299 g/mol. The Bertz CT molecular complexity index is 790. The Balaban J connectivity index is 2.16. The Morgan fingerprint density at radius 2 is 1.82 bits per heavy atom. The molecule has 3 rings (SSSR count). The fraction of sp³-hybridized carbons (Fsp3) is 0.412. The molecule has 0 saturated heterocycles. The van der Waals surface area contributed by atoms with Crippen molar-refractivity contribution in [1.29, 1.82) is 0 Å². The van der Waals surface area contributed by atoms with Crippen LogP contribution in [0.15, 0.2) is 39.9 Å². The second-order valence-corrected chi connectivity index (χ2v) is 5.82. The SMILES string of the molecule is CCn1c2c(c(=O)n(Cc3ccccc3)c1=O)CN(C)CC2. The minimum atomic E-state index is -0.195. The van der Waals surface area contributed by atoms with Gasteiger partial charge in [-0.15, -0.1) is 0 Å². The van der Waals surface area contributed by atoms with Gasteiger partial charge in [-0.25, -0.2) is 4.79 Å². The van der Waals surface area contributed by atoms with Gasteiger partial charge in [0, 0.05) is 31.7 Å². The van der Waals surface area contributed by atoms with Gasteiger partial charge >= 0.3 is 5.69 Å². The third-order valence-electron chi connectivity index (χ3n) is 4.30. The fourth-order valence-electron chi connectivity index (χ4n) is 3.12. The van der Waals surface area contributed by atoms with Crippen LogP contribution < -0.4 is 11.2 Å². The quantitative estimate of drug-likeness (QED) is 0.851. The zero-order valence-corrected chi connectivity index (χ0v) is 13.1. The highest BCUT2D eigenvalue weighted by Crippen LogP contribution is 2.13. The van der Waals surface area contributed by atoms with E-state index in [-0.39, 0.29) is 11.2 Å². The van der Waals surface area contributed by atoms with E-state index in [1.165, 1.54) is 4.57 Å². The maximum absolute atomic E-state index is 12.8. The van der Waals surface area contributed by atoms with Crippen LogP contribution in [0.25, 0.3) is 0 Å². The first-order chi connectivity index (χ1) is 10.6. The number of likely N-dealkylation sites (N-methyl/N-ethyl adjacent to an activating group) is 1. The van der Waals surface area contributed by atoms with E-state index in [4.69, 9.17) is 0 Å². The lowest BCUT2D eigenvalue weighted by Gasteiger charge is -2.27. The van der Waals surface area contributed by atoms with Gasteiger partial charge < -0.3 is 4.90 Å². The van der Waals surface area contributed by atoms with Crippen LogP contribution in [0.2, 0.25) is 0 Å². The predicted molar refractivity (Wildman–Crippen MR) is 86.2 cm³/mol. The molecule has 5 heteroatoms. The van der Waals surface area contributed by atoms with Crippen molar-refractivity contribution in [3.8, 4) is 0 Å². The number of hydrogen-bond donors (Lipinski definition) is 0. The normalized spacial score (nSPS) is 14.8. The summed E-state index contributed by atoms with van der Waals surface area (Å²) in [5.41, 5.74) is 2.32.